The fraction of sp³-hybridized carbons (Fsp3) is 0.400. The molecular weight excluding hydrogens is 558 g/mol. The number of sulfonamides is 1. The molecule has 1 aromatic carbocycles. The molecule has 202 valence electrons. The number of halogens is 3. The summed E-state index contributed by atoms with van der Waals surface area (Å²) in [6.07, 6.45) is 6.08. The summed E-state index contributed by atoms with van der Waals surface area (Å²) in [6.45, 7) is 1.04. The number of amidine groups is 1. The van der Waals surface area contributed by atoms with Crippen LogP contribution in [0.15, 0.2) is 51.0 Å². The number of benzene rings is 1. The van der Waals surface area contributed by atoms with E-state index >= 15 is 0 Å². The van der Waals surface area contributed by atoms with Crippen LogP contribution in [0.3, 0.4) is 0 Å². The number of hydrogen-bond acceptors (Lipinski definition) is 8. The molecule has 1 fully saturated rings. The van der Waals surface area contributed by atoms with Crippen LogP contribution in [0.25, 0.3) is 0 Å². The third-order valence-corrected chi connectivity index (χ3v) is 10.2. The first kappa shape index (κ1) is 26.9. The summed E-state index contributed by atoms with van der Waals surface area (Å²) in [7, 11) is -2.30. The summed E-state index contributed by atoms with van der Waals surface area (Å²) in [5.74, 6) is -3.02. The SMILES string of the molecule is COC(=O)C1=C([C@H]2CC=C(S(=O)(=O)N3CCCC3)CC2)NC(c2nccs2)=NC1c1ccc(F)c(F)c1Cl. The van der Waals surface area contributed by atoms with E-state index in [1.165, 1.54) is 28.8 Å². The van der Waals surface area contributed by atoms with Crippen LogP contribution in [0.4, 0.5) is 8.78 Å². The third-order valence-electron chi connectivity index (χ3n) is 6.99. The van der Waals surface area contributed by atoms with Gasteiger partial charge >= 0.3 is 5.97 Å². The Balaban J connectivity index is 1.58. The van der Waals surface area contributed by atoms with Gasteiger partial charge in [0.05, 0.1) is 22.6 Å². The molecule has 0 spiro atoms. The molecule has 1 saturated heterocycles. The van der Waals surface area contributed by atoms with Gasteiger partial charge in [-0.3, -0.25) is 4.99 Å². The molecule has 38 heavy (non-hydrogen) atoms. The fourth-order valence-electron chi connectivity index (χ4n) is 5.05. The van der Waals surface area contributed by atoms with Gasteiger partial charge in [0.2, 0.25) is 10.0 Å². The molecular formula is C25H25ClF2N4O4S2. The molecule has 1 aliphatic carbocycles. The molecule has 8 nitrogen and oxygen atoms in total. The normalized spacial score (nSPS) is 22.6. The number of nitrogens with one attached hydrogen (secondary N) is 1. The monoisotopic (exact) mass is 582 g/mol. The van der Waals surface area contributed by atoms with E-state index in [0.717, 1.165) is 18.9 Å². The van der Waals surface area contributed by atoms with Gasteiger partial charge in [-0.15, -0.1) is 11.3 Å². The lowest BCUT2D eigenvalue weighted by Gasteiger charge is -2.33. The van der Waals surface area contributed by atoms with E-state index in [4.69, 9.17) is 16.3 Å². The molecule has 0 amide bonds. The first-order valence-corrected chi connectivity index (χ1v) is 14.8. The molecule has 13 heteroatoms. The highest BCUT2D eigenvalue weighted by Crippen LogP contribution is 2.42. The molecule has 2 aromatic rings. The van der Waals surface area contributed by atoms with Crippen molar-refractivity contribution in [2.24, 2.45) is 10.9 Å². The second-order valence-electron chi connectivity index (χ2n) is 9.18. The van der Waals surface area contributed by atoms with Crippen molar-refractivity contribution < 1.29 is 26.7 Å². The number of ether oxygens (including phenoxy) is 1. The number of methoxy groups -OCH3 is 1. The van der Waals surface area contributed by atoms with Gasteiger partial charge in [0.15, 0.2) is 22.5 Å². The molecule has 3 heterocycles. The first-order chi connectivity index (χ1) is 18.2. The van der Waals surface area contributed by atoms with E-state index in [9.17, 15) is 22.0 Å². The van der Waals surface area contributed by atoms with Gasteiger partial charge in [0.1, 0.15) is 6.04 Å². The maximum Gasteiger partial charge on any atom is 0.338 e. The maximum atomic E-state index is 14.5. The molecule has 0 radical (unpaired) electrons. The smallest absolute Gasteiger partial charge is 0.338 e. The third kappa shape index (κ3) is 4.90. The lowest BCUT2D eigenvalue weighted by Crippen LogP contribution is -2.37. The van der Waals surface area contributed by atoms with Gasteiger partial charge in [-0.1, -0.05) is 23.7 Å². The molecule has 1 unspecified atom stereocenters. The van der Waals surface area contributed by atoms with Crippen molar-refractivity contribution in [2.45, 2.75) is 38.1 Å². The minimum Gasteiger partial charge on any atom is -0.466 e. The quantitative estimate of drug-likeness (QED) is 0.391. The summed E-state index contributed by atoms with van der Waals surface area (Å²) in [5, 5.41) is 5.03. The average Bonchev–Trinajstić information content (AvgIpc) is 3.66. The van der Waals surface area contributed by atoms with Crippen molar-refractivity contribution in [2.75, 3.05) is 20.2 Å². The Kier molecular flexibility index (Phi) is 7.67. The van der Waals surface area contributed by atoms with Gasteiger partial charge in [0.25, 0.3) is 0 Å². The fourth-order valence-corrected chi connectivity index (χ4v) is 7.65. The Morgan fingerprint density at radius 1 is 1.26 bits per heavy atom. The van der Waals surface area contributed by atoms with Gasteiger partial charge in [-0.05, 0) is 38.2 Å². The van der Waals surface area contributed by atoms with Gasteiger partial charge < -0.3 is 10.1 Å². The Labute approximate surface area is 228 Å². The van der Waals surface area contributed by atoms with Gasteiger partial charge in [-0.2, -0.15) is 4.31 Å². The highest BCUT2D eigenvalue weighted by atomic mass is 35.5. The van der Waals surface area contributed by atoms with E-state index in [1.807, 2.05) is 0 Å². The highest BCUT2D eigenvalue weighted by Gasteiger charge is 2.39. The summed E-state index contributed by atoms with van der Waals surface area (Å²) in [4.78, 5) is 22.4. The Bertz CT molecular complexity index is 1450. The van der Waals surface area contributed by atoms with Crippen molar-refractivity contribution in [1.82, 2.24) is 14.6 Å². The number of aromatic nitrogens is 1. The zero-order valence-corrected chi connectivity index (χ0v) is 22.8. The number of allylic oxidation sites excluding steroid dienone is 3. The Morgan fingerprint density at radius 2 is 2.03 bits per heavy atom. The van der Waals surface area contributed by atoms with E-state index in [2.05, 4.69) is 15.3 Å². The summed E-state index contributed by atoms with van der Waals surface area (Å²) in [5.41, 5.74) is 0.671. The van der Waals surface area contributed by atoms with Crippen LogP contribution in [0, 0.1) is 17.6 Å². The molecule has 0 bridgehead atoms. The minimum absolute atomic E-state index is 0.0997. The Morgan fingerprint density at radius 3 is 2.66 bits per heavy atom. The number of rotatable bonds is 6. The zero-order chi connectivity index (χ0) is 27.0. The predicted molar refractivity (Wildman–Crippen MR) is 140 cm³/mol. The average molecular weight is 583 g/mol. The molecule has 5 rings (SSSR count). The summed E-state index contributed by atoms with van der Waals surface area (Å²) < 4.78 is 61.1. The number of carbonyl (C=O) groups excluding carboxylic acids is 1. The maximum absolute atomic E-state index is 14.5. The van der Waals surface area contributed by atoms with Crippen LogP contribution in [0.1, 0.15) is 48.7 Å². The molecule has 1 aromatic heterocycles. The largest absolute Gasteiger partial charge is 0.466 e. The van der Waals surface area contributed by atoms with E-state index in [0.29, 0.717) is 53.8 Å². The van der Waals surface area contributed by atoms with Crippen molar-refractivity contribution in [3.05, 3.63) is 73.2 Å². The second-order valence-corrected chi connectivity index (χ2v) is 12.4. The molecule has 2 atom stereocenters. The first-order valence-electron chi connectivity index (χ1n) is 12.1. The van der Waals surface area contributed by atoms with Crippen LogP contribution in [-0.4, -0.2) is 49.7 Å². The summed E-state index contributed by atoms with van der Waals surface area (Å²) in [6, 6.07) is 1.13. The van der Waals surface area contributed by atoms with Crippen molar-refractivity contribution in [3.63, 3.8) is 0 Å². The van der Waals surface area contributed by atoms with Gasteiger partial charge in [-0.25, -0.2) is 27.0 Å². The summed E-state index contributed by atoms with van der Waals surface area (Å²) >= 11 is 7.52. The van der Waals surface area contributed by atoms with Crippen LogP contribution < -0.4 is 5.32 Å². The zero-order valence-electron chi connectivity index (χ0n) is 20.4. The van der Waals surface area contributed by atoms with Crippen LogP contribution in [0.2, 0.25) is 5.02 Å². The number of aliphatic imine (C=N–C) groups is 1. The van der Waals surface area contributed by atoms with Crippen molar-refractivity contribution in [3.8, 4) is 0 Å². The molecule has 2 aliphatic heterocycles. The number of esters is 1. The van der Waals surface area contributed by atoms with Gasteiger partial charge in [0, 0.05) is 41.8 Å². The minimum atomic E-state index is -3.53. The van der Waals surface area contributed by atoms with Crippen LogP contribution >= 0.6 is 22.9 Å². The van der Waals surface area contributed by atoms with E-state index in [-0.39, 0.29) is 17.1 Å². The molecule has 1 N–H and O–H groups in total. The van der Waals surface area contributed by atoms with Crippen LogP contribution in [0.5, 0.6) is 0 Å². The second kappa shape index (κ2) is 10.8. The number of nitrogens with zero attached hydrogens (tertiary/aromatic N) is 3. The lowest BCUT2D eigenvalue weighted by atomic mass is 9.84. The van der Waals surface area contributed by atoms with E-state index in [1.54, 1.807) is 17.7 Å². The number of thiazole rings is 1. The lowest BCUT2D eigenvalue weighted by molar-refractivity contribution is -0.136. The highest BCUT2D eigenvalue weighted by molar-refractivity contribution is 7.93. The topological polar surface area (TPSA) is 101 Å². The molecule has 3 aliphatic rings. The van der Waals surface area contributed by atoms with E-state index < -0.39 is 38.7 Å². The van der Waals surface area contributed by atoms with Crippen LogP contribution in [-0.2, 0) is 19.6 Å². The van der Waals surface area contributed by atoms with Crippen molar-refractivity contribution >= 4 is 44.8 Å². The Hall–Kier alpha value is -2.67. The van der Waals surface area contributed by atoms with Crippen molar-refractivity contribution in [1.29, 1.82) is 0 Å². The number of carbonyl (C=O) groups is 1. The standard InChI is InChI=1S/C25H25ClF2N4O4S2/c1-36-25(33)18-21(14-4-6-15(7-5-14)38(34,35)32-11-2-3-12-32)30-23(24-29-10-13-37-24)31-22(18)16-8-9-17(27)20(28)19(16)26/h6,8-10,13-14,22H,2-5,7,11-12H2,1H3,(H,30,31)/t14-,22?/m0/s1. The molecule has 0 saturated carbocycles. The predicted octanol–water partition coefficient (Wildman–Crippen LogP) is 4.70. The number of hydrogen-bond donors (Lipinski definition) is 1.